The normalized spacial score (nSPS) is 21.3. The Balaban J connectivity index is 2.15. The van der Waals surface area contributed by atoms with Gasteiger partial charge in [-0.25, -0.2) is 0 Å². The number of anilines is 1. The summed E-state index contributed by atoms with van der Waals surface area (Å²) >= 11 is 0.614. The van der Waals surface area contributed by atoms with Crippen LogP contribution in [0.15, 0.2) is 0 Å². The molecule has 4 nitrogen and oxygen atoms in total. The number of nitrogens with two attached hydrogens (primary N) is 1. The van der Waals surface area contributed by atoms with Gasteiger partial charge in [0.2, 0.25) is 10.1 Å². The Hall–Kier alpha value is -0.890. The summed E-state index contributed by atoms with van der Waals surface area (Å²) < 4.78 is 37.4. The van der Waals surface area contributed by atoms with E-state index in [2.05, 4.69) is 10.2 Å². The Bertz CT molecular complexity index is 391. The van der Waals surface area contributed by atoms with Gasteiger partial charge in [0, 0.05) is 12.6 Å². The fourth-order valence-electron chi connectivity index (χ4n) is 2.19. The Morgan fingerprint density at radius 1 is 1.33 bits per heavy atom. The van der Waals surface area contributed by atoms with Gasteiger partial charge in [-0.2, -0.15) is 13.2 Å². The number of aromatic nitrogens is 2. The zero-order valence-corrected chi connectivity index (χ0v) is 10.6. The van der Waals surface area contributed by atoms with Crippen molar-refractivity contribution in [3.63, 3.8) is 0 Å². The summed E-state index contributed by atoms with van der Waals surface area (Å²) in [5, 5.41) is 6.38. The van der Waals surface area contributed by atoms with Crippen molar-refractivity contribution in [2.45, 2.75) is 37.9 Å². The lowest BCUT2D eigenvalue weighted by Crippen LogP contribution is -2.40. The first-order valence-electron chi connectivity index (χ1n) is 5.90. The zero-order chi connectivity index (χ0) is 13.2. The Morgan fingerprint density at radius 3 is 2.72 bits per heavy atom. The number of piperidine rings is 1. The first-order valence-corrected chi connectivity index (χ1v) is 6.71. The highest BCUT2D eigenvalue weighted by Gasteiger charge is 2.37. The fourth-order valence-corrected chi connectivity index (χ4v) is 3.00. The summed E-state index contributed by atoms with van der Waals surface area (Å²) in [6.07, 6.45) is -0.609. The van der Waals surface area contributed by atoms with Crippen molar-refractivity contribution in [1.82, 2.24) is 10.2 Å². The zero-order valence-electron chi connectivity index (χ0n) is 9.78. The maximum atomic E-state index is 12.5. The van der Waals surface area contributed by atoms with Crippen LogP contribution in [0, 0.1) is 0 Å². The Labute approximate surface area is 107 Å². The lowest BCUT2D eigenvalue weighted by Gasteiger charge is -2.35. The molecule has 0 spiro atoms. The molecule has 102 valence electrons. The molecule has 2 N–H and O–H groups in total. The van der Waals surface area contributed by atoms with Crippen LogP contribution in [0.4, 0.5) is 18.3 Å². The third-order valence-electron chi connectivity index (χ3n) is 3.03. The van der Waals surface area contributed by atoms with Gasteiger partial charge in [-0.1, -0.05) is 11.3 Å². The number of hydrogen-bond acceptors (Lipinski definition) is 5. The van der Waals surface area contributed by atoms with Crippen LogP contribution in [0.25, 0.3) is 0 Å². The van der Waals surface area contributed by atoms with E-state index in [1.54, 1.807) is 0 Å². The molecule has 0 amide bonds. The van der Waals surface area contributed by atoms with Gasteiger partial charge in [0.15, 0.2) is 0 Å². The number of halogens is 3. The molecule has 1 atom stereocenters. The van der Waals surface area contributed by atoms with Crippen LogP contribution in [0.3, 0.4) is 0 Å². The lowest BCUT2D eigenvalue weighted by molar-refractivity contribution is -0.138. The largest absolute Gasteiger partial charge is 0.445 e. The predicted molar refractivity (Wildman–Crippen MR) is 63.6 cm³/mol. The topological polar surface area (TPSA) is 55.0 Å². The number of alkyl halides is 3. The first-order chi connectivity index (χ1) is 8.52. The van der Waals surface area contributed by atoms with E-state index in [1.165, 1.54) is 0 Å². The molecule has 1 aromatic rings. The summed E-state index contributed by atoms with van der Waals surface area (Å²) in [6.45, 7) is 1.27. The second-order valence-electron chi connectivity index (χ2n) is 4.31. The monoisotopic (exact) mass is 280 g/mol. The standard InChI is InChI=1S/C10H15F3N4S/c11-10(12,13)8-15-16-9(18-8)17-6-2-1-3-7(17)4-5-14/h7H,1-6,14H2. The smallest absolute Gasteiger partial charge is 0.344 e. The predicted octanol–water partition coefficient (Wildman–Crippen LogP) is 2.26. The van der Waals surface area contributed by atoms with E-state index in [4.69, 9.17) is 5.73 Å². The van der Waals surface area contributed by atoms with Crippen molar-refractivity contribution in [3.05, 3.63) is 5.01 Å². The van der Waals surface area contributed by atoms with Gasteiger partial charge in [-0.15, -0.1) is 10.2 Å². The molecule has 1 aliphatic rings. The molecular weight excluding hydrogens is 265 g/mol. The molecule has 2 heterocycles. The average molecular weight is 280 g/mol. The van der Waals surface area contributed by atoms with Gasteiger partial charge < -0.3 is 10.6 Å². The van der Waals surface area contributed by atoms with E-state index in [0.717, 1.165) is 32.2 Å². The molecule has 18 heavy (non-hydrogen) atoms. The summed E-state index contributed by atoms with van der Waals surface area (Å²) in [5.41, 5.74) is 5.53. The Morgan fingerprint density at radius 2 is 2.11 bits per heavy atom. The van der Waals surface area contributed by atoms with Crippen molar-refractivity contribution >= 4 is 16.5 Å². The van der Waals surface area contributed by atoms with E-state index in [9.17, 15) is 13.2 Å². The molecule has 1 aromatic heterocycles. The fraction of sp³-hybridized carbons (Fsp3) is 0.800. The first kappa shape index (κ1) is 13.5. The minimum absolute atomic E-state index is 0.192. The lowest BCUT2D eigenvalue weighted by atomic mass is 10.0. The van der Waals surface area contributed by atoms with Crippen molar-refractivity contribution in [3.8, 4) is 0 Å². The van der Waals surface area contributed by atoms with Crippen LogP contribution in [0.2, 0.25) is 0 Å². The van der Waals surface area contributed by atoms with Gasteiger partial charge in [-0.05, 0) is 32.2 Å². The molecule has 0 bridgehead atoms. The van der Waals surface area contributed by atoms with Crippen LogP contribution in [-0.4, -0.2) is 29.3 Å². The van der Waals surface area contributed by atoms with E-state index in [1.807, 2.05) is 4.90 Å². The van der Waals surface area contributed by atoms with Gasteiger partial charge in [0.05, 0.1) is 0 Å². The average Bonchev–Trinajstić information content (AvgIpc) is 2.79. The molecule has 1 fully saturated rings. The van der Waals surface area contributed by atoms with Gasteiger partial charge in [0.25, 0.3) is 0 Å². The van der Waals surface area contributed by atoms with Crippen LogP contribution < -0.4 is 10.6 Å². The van der Waals surface area contributed by atoms with E-state index in [0.29, 0.717) is 23.0 Å². The quantitative estimate of drug-likeness (QED) is 0.922. The molecule has 1 saturated heterocycles. The number of nitrogens with zero attached hydrogens (tertiary/aromatic N) is 3. The molecule has 1 aliphatic heterocycles. The highest BCUT2D eigenvalue weighted by atomic mass is 32.1. The maximum Gasteiger partial charge on any atom is 0.445 e. The van der Waals surface area contributed by atoms with E-state index in [-0.39, 0.29) is 6.04 Å². The van der Waals surface area contributed by atoms with Crippen LogP contribution in [0.5, 0.6) is 0 Å². The third kappa shape index (κ3) is 2.92. The third-order valence-corrected chi connectivity index (χ3v) is 4.03. The minimum Gasteiger partial charge on any atom is -0.344 e. The van der Waals surface area contributed by atoms with Crippen LogP contribution in [-0.2, 0) is 6.18 Å². The maximum absolute atomic E-state index is 12.5. The molecule has 0 aliphatic carbocycles. The second-order valence-corrected chi connectivity index (χ2v) is 5.26. The van der Waals surface area contributed by atoms with Crippen molar-refractivity contribution in [2.24, 2.45) is 5.73 Å². The van der Waals surface area contributed by atoms with Gasteiger partial charge >= 0.3 is 6.18 Å². The van der Waals surface area contributed by atoms with Crippen molar-refractivity contribution < 1.29 is 13.2 Å². The molecule has 8 heteroatoms. The SMILES string of the molecule is NCCC1CCCCN1c1nnc(C(F)(F)F)s1. The van der Waals surface area contributed by atoms with Gasteiger partial charge in [0.1, 0.15) is 0 Å². The van der Waals surface area contributed by atoms with Crippen molar-refractivity contribution in [2.75, 3.05) is 18.0 Å². The number of rotatable bonds is 3. The highest BCUT2D eigenvalue weighted by Crippen LogP contribution is 2.36. The molecule has 0 radical (unpaired) electrons. The molecule has 0 saturated carbocycles. The molecule has 0 aromatic carbocycles. The number of hydrogen-bond donors (Lipinski definition) is 1. The summed E-state index contributed by atoms with van der Waals surface area (Å²) in [7, 11) is 0. The van der Waals surface area contributed by atoms with E-state index >= 15 is 0 Å². The van der Waals surface area contributed by atoms with Crippen molar-refractivity contribution in [1.29, 1.82) is 0 Å². The van der Waals surface area contributed by atoms with Gasteiger partial charge in [-0.3, -0.25) is 0 Å². The minimum atomic E-state index is -4.41. The van der Waals surface area contributed by atoms with E-state index < -0.39 is 11.2 Å². The highest BCUT2D eigenvalue weighted by molar-refractivity contribution is 7.15. The summed E-state index contributed by atoms with van der Waals surface area (Å²) in [5.74, 6) is 0. The second kappa shape index (κ2) is 5.40. The summed E-state index contributed by atoms with van der Waals surface area (Å²) in [4.78, 5) is 1.92. The summed E-state index contributed by atoms with van der Waals surface area (Å²) in [6, 6.07) is 0.192. The van der Waals surface area contributed by atoms with Crippen LogP contribution >= 0.6 is 11.3 Å². The Kier molecular flexibility index (Phi) is 4.06. The molecule has 1 unspecified atom stereocenters. The molecule has 2 rings (SSSR count). The molecular formula is C10H15F3N4S. The van der Waals surface area contributed by atoms with Crippen LogP contribution in [0.1, 0.15) is 30.7 Å².